The zero-order chi connectivity index (χ0) is 83.9. The second-order valence-corrected chi connectivity index (χ2v) is 24.9. The zero-order valence-electron chi connectivity index (χ0n) is 71.7. The van der Waals surface area contributed by atoms with Crippen LogP contribution in [0, 0.1) is 0 Å². The number of carbonyl (C=O) groups is 1. The Morgan fingerprint density at radius 3 is 0.299 bits per heavy atom. The van der Waals surface area contributed by atoms with Crippen LogP contribution in [0.25, 0.3) is 0 Å². The highest BCUT2D eigenvalue weighted by Crippen LogP contribution is 2.07. The lowest BCUT2D eigenvalue weighted by atomic mass is 10.2. The fraction of sp³-hybridized carbons (Fsp3) is 0.987. The standard InChI is InChI=1S/C78H157NO38/c1-78(2,3)117-77(80)76-116-75-74-115-73-72-114-71-70-113-69-68-112-67-66-111-65-64-110-63-62-109-61-60-108-59-58-107-57-56-106-55-54-105-53-52-104-51-50-103-49-48-102-47-46-101-45-44-100-43-42-99-41-40-98-39-38-97-37-36-96-35-34-95-33-32-94-31-30-93-29-28-92-27-26-91-25-24-90-23-22-89-21-20-88-19-18-87-17-16-86-15-14-85-13-12-84-11-10-83-9-8-82-7-6-81-5-4-79/h4-76,79H2,1-3H3. The normalized spacial score (nSPS) is 11.9. The van der Waals surface area contributed by atoms with Crippen molar-refractivity contribution < 1.29 is 180 Å². The second kappa shape index (κ2) is 106. The molecule has 0 atom stereocenters. The molecule has 0 aromatic heterocycles. The summed E-state index contributed by atoms with van der Waals surface area (Å²) in [4.78, 5) is 11.6. The molecule has 0 radical (unpaired) electrons. The van der Waals surface area contributed by atoms with Crippen LogP contribution in [0.15, 0.2) is 0 Å². The van der Waals surface area contributed by atoms with Gasteiger partial charge in [-0.05, 0) is 20.8 Å². The van der Waals surface area contributed by atoms with Gasteiger partial charge in [0.05, 0.1) is 469 Å². The summed E-state index contributed by atoms with van der Waals surface area (Å²) in [6, 6.07) is 0. The third-order valence-electron chi connectivity index (χ3n) is 13.9. The summed E-state index contributed by atoms with van der Waals surface area (Å²) in [6.45, 7) is 39.7. The third-order valence-corrected chi connectivity index (χ3v) is 13.9. The van der Waals surface area contributed by atoms with E-state index in [0.717, 1.165) is 0 Å². The first kappa shape index (κ1) is 115. The van der Waals surface area contributed by atoms with Crippen LogP contribution in [0.3, 0.4) is 0 Å². The van der Waals surface area contributed by atoms with Gasteiger partial charge in [0.15, 0.2) is 0 Å². The van der Waals surface area contributed by atoms with Gasteiger partial charge in [0.1, 0.15) is 12.2 Å². The average molecular weight is 1720 g/mol. The van der Waals surface area contributed by atoms with Crippen molar-refractivity contribution >= 4 is 5.97 Å². The molecular weight excluding hydrogens is 1560 g/mol. The van der Waals surface area contributed by atoms with Gasteiger partial charge in [-0.25, -0.2) is 4.79 Å². The van der Waals surface area contributed by atoms with E-state index in [0.29, 0.717) is 476 Å². The molecule has 39 nitrogen and oxygen atoms in total. The molecule has 0 rings (SSSR count). The largest absolute Gasteiger partial charge is 0.458 e. The number of hydrogen-bond acceptors (Lipinski definition) is 39. The van der Waals surface area contributed by atoms with Gasteiger partial charge in [-0.3, -0.25) is 0 Å². The van der Waals surface area contributed by atoms with Crippen LogP contribution in [0.5, 0.6) is 0 Å². The maximum atomic E-state index is 11.6. The summed E-state index contributed by atoms with van der Waals surface area (Å²) in [5, 5.41) is 0. The first-order chi connectivity index (χ1) is 58.0. The molecule has 2 N–H and O–H groups in total. The molecule has 0 saturated carbocycles. The smallest absolute Gasteiger partial charge is 0.332 e. The van der Waals surface area contributed by atoms with E-state index >= 15 is 0 Å². The van der Waals surface area contributed by atoms with Gasteiger partial charge in [0.25, 0.3) is 0 Å². The number of carbonyl (C=O) groups excluding carboxylic acids is 1. The Balaban J connectivity index is 3.11. The number of esters is 1. The molecule has 0 saturated heterocycles. The summed E-state index contributed by atoms with van der Waals surface area (Å²) in [6.07, 6.45) is 0. The molecule has 0 spiro atoms. The van der Waals surface area contributed by atoms with Gasteiger partial charge in [0.2, 0.25) is 0 Å². The van der Waals surface area contributed by atoms with Crippen LogP contribution in [0.1, 0.15) is 20.8 Å². The van der Waals surface area contributed by atoms with Crippen LogP contribution in [0.4, 0.5) is 0 Å². The Hall–Kier alpha value is -2.01. The molecule has 117 heavy (non-hydrogen) atoms. The minimum absolute atomic E-state index is 0.0943. The lowest BCUT2D eigenvalue weighted by Gasteiger charge is -2.19. The Labute approximate surface area is 698 Å². The highest BCUT2D eigenvalue weighted by molar-refractivity contribution is 5.71. The van der Waals surface area contributed by atoms with Crippen LogP contribution >= 0.6 is 0 Å². The molecule has 0 unspecified atom stereocenters. The topological polar surface area (TPSA) is 385 Å². The summed E-state index contributed by atoms with van der Waals surface area (Å²) in [5.74, 6) is -0.395. The van der Waals surface area contributed by atoms with Crippen molar-refractivity contribution in [2.45, 2.75) is 26.4 Å². The van der Waals surface area contributed by atoms with E-state index in [1.807, 2.05) is 20.8 Å². The zero-order valence-corrected chi connectivity index (χ0v) is 71.7. The molecule has 0 aliphatic carbocycles. The van der Waals surface area contributed by atoms with E-state index in [4.69, 9.17) is 181 Å². The first-order valence-electron chi connectivity index (χ1n) is 41.7. The van der Waals surface area contributed by atoms with Gasteiger partial charge in [-0.1, -0.05) is 0 Å². The summed E-state index contributed by atoms with van der Waals surface area (Å²) < 4.78 is 203. The predicted molar refractivity (Wildman–Crippen MR) is 424 cm³/mol. The van der Waals surface area contributed by atoms with Gasteiger partial charge in [-0.15, -0.1) is 0 Å². The van der Waals surface area contributed by atoms with Crippen LogP contribution in [0.2, 0.25) is 0 Å². The minimum atomic E-state index is -0.525. The van der Waals surface area contributed by atoms with Crippen LogP contribution in [-0.4, -0.2) is 494 Å². The van der Waals surface area contributed by atoms with E-state index in [2.05, 4.69) is 0 Å². The van der Waals surface area contributed by atoms with Crippen molar-refractivity contribution in [3.8, 4) is 0 Å². The maximum absolute atomic E-state index is 11.6. The van der Waals surface area contributed by atoms with E-state index in [-0.39, 0.29) is 6.61 Å². The van der Waals surface area contributed by atoms with Crippen molar-refractivity contribution in [1.29, 1.82) is 0 Å². The van der Waals surface area contributed by atoms with Crippen LogP contribution in [-0.2, 0) is 180 Å². The van der Waals surface area contributed by atoms with E-state index in [9.17, 15) is 4.79 Å². The summed E-state index contributed by atoms with van der Waals surface area (Å²) >= 11 is 0. The second-order valence-electron chi connectivity index (χ2n) is 24.9. The Kier molecular flexibility index (Phi) is 105. The van der Waals surface area contributed by atoms with Crippen molar-refractivity contribution in [1.82, 2.24) is 0 Å². The molecule has 0 aliphatic heterocycles. The van der Waals surface area contributed by atoms with E-state index in [1.54, 1.807) is 0 Å². The quantitative estimate of drug-likeness (QED) is 0.0652. The van der Waals surface area contributed by atoms with Gasteiger partial charge < -0.3 is 181 Å². The van der Waals surface area contributed by atoms with Crippen molar-refractivity contribution in [2.24, 2.45) is 5.73 Å². The number of hydrogen-bond donors (Lipinski definition) is 1. The monoisotopic (exact) mass is 1720 g/mol. The Morgan fingerprint density at radius 2 is 0.222 bits per heavy atom. The minimum Gasteiger partial charge on any atom is -0.458 e. The average Bonchev–Trinajstić information content (AvgIpc) is 0.951. The molecule has 0 heterocycles. The maximum Gasteiger partial charge on any atom is 0.332 e. The summed E-state index contributed by atoms with van der Waals surface area (Å²) in [5.41, 5.74) is 4.83. The summed E-state index contributed by atoms with van der Waals surface area (Å²) in [7, 11) is 0. The molecule has 0 aromatic carbocycles. The lowest BCUT2D eigenvalue weighted by Crippen LogP contribution is -2.27. The van der Waals surface area contributed by atoms with E-state index in [1.165, 1.54) is 0 Å². The fourth-order valence-corrected chi connectivity index (χ4v) is 8.31. The molecule has 702 valence electrons. The molecule has 0 aromatic rings. The molecule has 0 aliphatic rings. The number of rotatable bonds is 109. The van der Waals surface area contributed by atoms with Crippen LogP contribution < -0.4 is 5.73 Å². The molecular formula is C78H157NO38. The molecule has 0 fully saturated rings. The highest BCUT2D eigenvalue weighted by Gasteiger charge is 2.16. The SMILES string of the molecule is CC(C)(C)OC(=O)COCCOCCOCCOCCOCCOCCOCCOCCOCCOCCOCCOCCOCCOCCOCCOCCOCCOCCOCCOCCOCCOCCOCCOCCOCCOCCOCCOCCOCCOCCOCCOCCOCCOCCOCCOCCN. The Morgan fingerprint density at radius 1 is 0.145 bits per heavy atom. The molecule has 39 heteroatoms. The molecule has 0 amide bonds. The predicted octanol–water partition coefficient (Wildman–Crippen LogP) is 0.884. The Bertz CT molecular complexity index is 1760. The molecule has 0 bridgehead atoms. The van der Waals surface area contributed by atoms with Crippen molar-refractivity contribution in [2.75, 3.05) is 482 Å². The number of ether oxygens (including phenoxy) is 37. The van der Waals surface area contributed by atoms with Gasteiger partial charge in [-0.2, -0.15) is 0 Å². The highest BCUT2D eigenvalue weighted by atomic mass is 16.6. The van der Waals surface area contributed by atoms with Crippen molar-refractivity contribution in [3.05, 3.63) is 0 Å². The number of nitrogens with two attached hydrogens (primary N) is 1. The van der Waals surface area contributed by atoms with Crippen molar-refractivity contribution in [3.63, 3.8) is 0 Å². The first-order valence-corrected chi connectivity index (χ1v) is 41.7. The fourth-order valence-electron chi connectivity index (χ4n) is 8.31. The van der Waals surface area contributed by atoms with Gasteiger partial charge in [0, 0.05) is 6.54 Å². The lowest BCUT2D eigenvalue weighted by molar-refractivity contribution is -0.160. The third kappa shape index (κ3) is 112. The van der Waals surface area contributed by atoms with Gasteiger partial charge >= 0.3 is 5.97 Å². The van der Waals surface area contributed by atoms with E-state index < -0.39 is 11.6 Å².